The molecule has 2 aromatic carbocycles. The molecule has 0 bridgehead atoms. The molecule has 0 saturated heterocycles. The van der Waals surface area contributed by atoms with Crippen LogP contribution in [0.15, 0.2) is 71.4 Å². The fourth-order valence-corrected chi connectivity index (χ4v) is 2.23. The van der Waals surface area contributed by atoms with E-state index in [0.717, 1.165) is 11.6 Å². The van der Waals surface area contributed by atoms with Crippen LogP contribution < -0.4 is 0 Å². The number of nitro benzene ring substituents is 1. The lowest BCUT2D eigenvalue weighted by atomic mass is 10.1. The number of aromatic nitrogens is 1. The van der Waals surface area contributed by atoms with Crippen molar-refractivity contribution < 1.29 is 18.9 Å². The Morgan fingerprint density at radius 1 is 1.15 bits per heavy atom. The molecule has 0 atom stereocenters. The van der Waals surface area contributed by atoms with Crippen molar-refractivity contribution in [2.75, 3.05) is 0 Å². The van der Waals surface area contributed by atoms with Crippen LogP contribution >= 0.6 is 0 Å². The Morgan fingerprint density at radius 2 is 1.88 bits per heavy atom. The summed E-state index contributed by atoms with van der Waals surface area (Å²) < 4.78 is 10.4. The maximum atomic E-state index is 11.8. The van der Waals surface area contributed by atoms with Crippen LogP contribution in [0.3, 0.4) is 0 Å². The molecule has 0 amide bonds. The van der Waals surface area contributed by atoms with Crippen molar-refractivity contribution in [1.29, 1.82) is 0 Å². The smallest absolute Gasteiger partial charge is 0.331 e. The molecule has 0 radical (unpaired) electrons. The molecule has 3 rings (SSSR count). The molecule has 0 aliphatic rings. The number of carbonyl (C=O) groups excluding carboxylic acids is 1. The van der Waals surface area contributed by atoms with E-state index in [2.05, 4.69) is 4.98 Å². The molecule has 3 aromatic rings. The first-order valence-corrected chi connectivity index (χ1v) is 7.71. The Morgan fingerprint density at radius 3 is 2.65 bits per heavy atom. The van der Waals surface area contributed by atoms with E-state index in [0.29, 0.717) is 17.1 Å². The fourth-order valence-electron chi connectivity index (χ4n) is 2.23. The lowest BCUT2D eigenvalue weighted by Gasteiger charge is -1.99. The third-order valence-electron chi connectivity index (χ3n) is 3.47. The summed E-state index contributed by atoms with van der Waals surface area (Å²) in [5.41, 5.74) is 1.53. The third-order valence-corrected chi connectivity index (χ3v) is 3.47. The molecule has 7 nitrogen and oxygen atoms in total. The summed E-state index contributed by atoms with van der Waals surface area (Å²) in [4.78, 5) is 26.5. The molecule has 0 spiro atoms. The Kier molecular flexibility index (Phi) is 5.19. The minimum absolute atomic E-state index is 0.0591. The highest BCUT2D eigenvalue weighted by Crippen LogP contribution is 2.20. The highest BCUT2D eigenvalue weighted by atomic mass is 16.6. The number of oxazole rings is 1. The second-order valence-electron chi connectivity index (χ2n) is 5.27. The maximum Gasteiger partial charge on any atom is 0.331 e. The van der Waals surface area contributed by atoms with Gasteiger partial charge in [0, 0.05) is 17.7 Å². The van der Waals surface area contributed by atoms with Gasteiger partial charge in [-0.3, -0.25) is 10.1 Å². The summed E-state index contributed by atoms with van der Waals surface area (Å²) >= 11 is 0. The average molecular weight is 350 g/mol. The van der Waals surface area contributed by atoms with Gasteiger partial charge in [0.15, 0.2) is 0 Å². The van der Waals surface area contributed by atoms with Gasteiger partial charge < -0.3 is 9.15 Å². The molecular formula is C19H14N2O5. The molecule has 7 heteroatoms. The van der Waals surface area contributed by atoms with Gasteiger partial charge in [0.2, 0.25) is 5.89 Å². The molecule has 130 valence electrons. The molecule has 0 fully saturated rings. The van der Waals surface area contributed by atoms with Crippen molar-refractivity contribution in [3.8, 4) is 11.5 Å². The van der Waals surface area contributed by atoms with E-state index in [1.165, 1.54) is 18.4 Å². The number of benzene rings is 2. The number of para-hydroxylation sites is 1. The number of hydrogen-bond acceptors (Lipinski definition) is 6. The molecule has 0 saturated carbocycles. The standard InChI is InChI=1S/C19H14N2O5/c22-18(11-10-14-6-4-5-9-17(14)21(23)24)25-12-16-13-26-19(20-16)15-7-2-1-3-8-15/h1-11,13H,12H2/b11-10+. The van der Waals surface area contributed by atoms with Crippen LogP contribution in [0.25, 0.3) is 17.5 Å². The van der Waals surface area contributed by atoms with E-state index in [1.54, 1.807) is 18.2 Å². The number of carbonyl (C=O) groups is 1. The van der Waals surface area contributed by atoms with Crippen molar-refractivity contribution in [3.63, 3.8) is 0 Å². The predicted octanol–water partition coefficient (Wildman–Crippen LogP) is 4.01. The summed E-state index contributed by atoms with van der Waals surface area (Å²) in [6, 6.07) is 15.5. The summed E-state index contributed by atoms with van der Waals surface area (Å²) in [7, 11) is 0. The second-order valence-corrected chi connectivity index (χ2v) is 5.27. The Bertz CT molecular complexity index is 947. The molecule has 0 aliphatic heterocycles. The molecular weight excluding hydrogens is 336 g/mol. The predicted molar refractivity (Wildman–Crippen MR) is 93.9 cm³/mol. The van der Waals surface area contributed by atoms with Crippen LogP contribution in [0.2, 0.25) is 0 Å². The van der Waals surface area contributed by atoms with Gasteiger partial charge in [-0.05, 0) is 24.3 Å². The van der Waals surface area contributed by atoms with Crippen LogP contribution in [-0.2, 0) is 16.1 Å². The van der Waals surface area contributed by atoms with E-state index in [4.69, 9.17) is 9.15 Å². The molecule has 0 unspecified atom stereocenters. The van der Waals surface area contributed by atoms with Gasteiger partial charge in [0.05, 0.1) is 10.5 Å². The largest absolute Gasteiger partial charge is 0.456 e. The highest BCUT2D eigenvalue weighted by Gasteiger charge is 2.11. The number of nitro groups is 1. The summed E-state index contributed by atoms with van der Waals surface area (Å²) in [6.07, 6.45) is 3.90. The van der Waals surface area contributed by atoms with Gasteiger partial charge >= 0.3 is 5.97 Å². The van der Waals surface area contributed by atoms with Crippen molar-refractivity contribution >= 4 is 17.7 Å². The molecule has 0 aliphatic carbocycles. The molecule has 1 aromatic heterocycles. The molecule has 0 N–H and O–H groups in total. The van der Waals surface area contributed by atoms with E-state index in [9.17, 15) is 14.9 Å². The van der Waals surface area contributed by atoms with E-state index in [-0.39, 0.29) is 12.3 Å². The van der Waals surface area contributed by atoms with Crippen molar-refractivity contribution in [1.82, 2.24) is 4.98 Å². The Balaban J connectivity index is 1.60. The number of nitrogens with zero attached hydrogens (tertiary/aromatic N) is 2. The van der Waals surface area contributed by atoms with Crippen LogP contribution in [0.5, 0.6) is 0 Å². The number of esters is 1. The maximum absolute atomic E-state index is 11.8. The van der Waals surface area contributed by atoms with E-state index >= 15 is 0 Å². The summed E-state index contributed by atoms with van der Waals surface area (Å²) in [5.74, 6) is -0.195. The summed E-state index contributed by atoms with van der Waals surface area (Å²) in [5, 5.41) is 10.9. The SMILES string of the molecule is O=C(/C=C/c1ccccc1[N+](=O)[O-])OCc1coc(-c2ccccc2)n1. The van der Waals surface area contributed by atoms with Gasteiger partial charge in [0.25, 0.3) is 5.69 Å². The van der Waals surface area contributed by atoms with Gasteiger partial charge in [-0.2, -0.15) is 0 Å². The lowest BCUT2D eigenvalue weighted by molar-refractivity contribution is -0.385. The fraction of sp³-hybridized carbons (Fsp3) is 0.0526. The zero-order chi connectivity index (χ0) is 18.4. The van der Waals surface area contributed by atoms with Crippen molar-refractivity contribution in [2.24, 2.45) is 0 Å². The number of rotatable bonds is 6. The first-order valence-electron chi connectivity index (χ1n) is 7.71. The summed E-state index contributed by atoms with van der Waals surface area (Å²) in [6.45, 7) is -0.0591. The number of ether oxygens (including phenoxy) is 1. The van der Waals surface area contributed by atoms with E-state index in [1.807, 2.05) is 30.3 Å². The average Bonchev–Trinajstić information content (AvgIpc) is 3.14. The Labute approximate surface area is 148 Å². The number of hydrogen-bond donors (Lipinski definition) is 0. The van der Waals surface area contributed by atoms with Gasteiger partial charge in [0.1, 0.15) is 18.6 Å². The van der Waals surface area contributed by atoms with Crippen LogP contribution in [0, 0.1) is 10.1 Å². The first kappa shape index (κ1) is 17.1. The van der Waals surface area contributed by atoms with Gasteiger partial charge in [-0.25, -0.2) is 9.78 Å². The van der Waals surface area contributed by atoms with Crippen molar-refractivity contribution in [2.45, 2.75) is 6.61 Å². The second kappa shape index (κ2) is 7.89. The van der Waals surface area contributed by atoms with Crippen LogP contribution in [0.4, 0.5) is 5.69 Å². The Hall–Kier alpha value is -3.74. The van der Waals surface area contributed by atoms with E-state index < -0.39 is 10.9 Å². The normalized spacial score (nSPS) is 10.8. The van der Waals surface area contributed by atoms with Gasteiger partial charge in [-0.1, -0.05) is 30.3 Å². The van der Waals surface area contributed by atoms with Crippen LogP contribution in [-0.4, -0.2) is 15.9 Å². The van der Waals surface area contributed by atoms with Gasteiger partial charge in [-0.15, -0.1) is 0 Å². The minimum Gasteiger partial charge on any atom is -0.456 e. The lowest BCUT2D eigenvalue weighted by Crippen LogP contribution is -2.01. The first-order chi connectivity index (χ1) is 12.6. The van der Waals surface area contributed by atoms with Crippen LogP contribution in [0.1, 0.15) is 11.3 Å². The minimum atomic E-state index is -0.632. The zero-order valence-corrected chi connectivity index (χ0v) is 13.6. The molecule has 1 heterocycles. The topological polar surface area (TPSA) is 95.5 Å². The molecule has 26 heavy (non-hydrogen) atoms. The zero-order valence-electron chi connectivity index (χ0n) is 13.6. The monoisotopic (exact) mass is 350 g/mol. The van der Waals surface area contributed by atoms with Crippen molar-refractivity contribution in [3.05, 3.63) is 88.3 Å². The third kappa shape index (κ3) is 4.21. The highest BCUT2D eigenvalue weighted by molar-refractivity contribution is 5.87. The quantitative estimate of drug-likeness (QED) is 0.288.